The van der Waals surface area contributed by atoms with Crippen molar-refractivity contribution in [3.05, 3.63) is 48.0 Å². The number of furan rings is 1. The summed E-state index contributed by atoms with van der Waals surface area (Å²) in [6.45, 7) is 1.74. The first-order valence-electron chi connectivity index (χ1n) is 5.82. The van der Waals surface area contributed by atoms with Crippen LogP contribution in [-0.2, 0) is 0 Å². The number of aromatic nitrogens is 1. The Balaban J connectivity index is 2.13. The van der Waals surface area contributed by atoms with Crippen LogP contribution in [0.5, 0.6) is 0 Å². The van der Waals surface area contributed by atoms with Gasteiger partial charge in [0.25, 0.3) is 11.7 Å². The van der Waals surface area contributed by atoms with E-state index in [0.29, 0.717) is 5.76 Å². The quantitative estimate of drug-likeness (QED) is 0.859. The Morgan fingerprint density at radius 3 is 2.85 bits per heavy atom. The number of amides is 1. The van der Waals surface area contributed by atoms with Gasteiger partial charge in [-0.15, -0.1) is 0 Å². The third kappa shape index (κ3) is 3.57. The molecule has 0 radical (unpaired) electrons. The van der Waals surface area contributed by atoms with Crippen LogP contribution < -0.4 is 5.32 Å². The number of carbonyl (C=O) groups is 1. The lowest BCUT2D eigenvalue weighted by Gasteiger charge is -2.13. The number of rotatable bonds is 5. The van der Waals surface area contributed by atoms with Crippen molar-refractivity contribution in [1.29, 1.82) is 0 Å². The number of halogens is 2. The number of carbonyl (C=O) groups excluding carboxylic acids is 1. The molecule has 0 aliphatic rings. The Bertz CT molecular complexity index is 576. The molecule has 0 saturated heterocycles. The fraction of sp³-hybridized carbons (Fsp3) is 0.231. The monoisotopic (exact) mass is 298 g/mol. The number of nitrogens with one attached hydrogen (secondary N) is 1. The maximum absolute atomic E-state index is 12.4. The minimum atomic E-state index is -2.63. The maximum atomic E-state index is 12.4. The molecule has 0 saturated carbocycles. The second kappa shape index (κ2) is 6.51. The highest BCUT2D eigenvalue weighted by atomic mass is 32.2. The summed E-state index contributed by atoms with van der Waals surface area (Å²) in [5.41, 5.74) is 0.121. The van der Waals surface area contributed by atoms with Gasteiger partial charge in [0.05, 0.1) is 17.9 Å². The molecule has 1 unspecified atom stereocenters. The van der Waals surface area contributed by atoms with Gasteiger partial charge in [-0.05, 0) is 43.0 Å². The van der Waals surface area contributed by atoms with Crippen molar-refractivity contribution >= 4 is 17.7 Å². The number of hydrogen-bond acceptors (Lipinski definition) is 4. The van der Waals surface area contributed by atoms with Crippen molar-refractivity contribution in [3.63, 3.8) is 0 Å². The van der Waals surface area contributed by atoms with Crippen molar-refractivity contribution in [2.75, 3.05) is 0 Å². The van der Waals surface area contributed by atoms with Crippen molar-refractivity contribution in [3.8, 4) is 0 Å². The summed E-state index contributed by atoms with van der Waals surface area (Å²) in [5, 5.41) is 2.69. The number of pyridine rings is 1. The van der Waals surface area contributed by atoms with Crippen LogP contribution in [0, 0.1) is 0 Å². The summed E-state index contributed by atoms with van der Waals surface area (Å²) < 4.78 is 30.0. The highest BCUT2D eigenvalue weighted by molar-refractivity contribution is 7.99. The van der Waals surface area contributed by atoms with Gasteiger partial charge in [0.1, 0.15) is 10.8 Å². The van der Waals surface area contributed by atoms with E-state index in [-0.39, 0.29) is 28.4 Å². The standard InChI is InChI=1S/C13H12F2N2O2S/c1-8(10-5-3-7-19-10)17-11(18)9-4-2-6-16-12(9)20-13(14)15/h2-8,13H,1H3,(H,17,18). The summed E-state index contributed by atoms with van der Waals surface area (Å²) in [6.07, 6.45) is 2.87. The molecule has 2 aromatic rings. The second-order valence-electron chi connectivity index (χ2n) is 3.95. The Morgan fingerprint density at radius 1 is 1.40 bits per heavy atom. The smallest absolute Gasteiger partial charge is 0.290 e. The van der Waals surface area contributed by atoms with E-state index in [1.807, 2.05) is 0 Å². The lowest BCUT2D eigenvalue weighted by molar-refractivity contribution is 0.0931. The van der Waals surface area contributed by atoms with Gasteiger partial charge >= 0.3 is 0 Å². The molecule has 7 heteroatoms. The Labute approximate surface area is 118 Å². The molecular formula is C13H12F2N2O2S. The lowest BCUT2D eigenvalue weighted by atomic mass is 10.2. The minimum absolute atomic E-state index is 0.00615. The van der Waals surface area contributed by atoms with E-state index in [1.54, 1.807) is 19.1 Å². The number of nitrogens with zero attached hydrogens (tertiary/aromatic N) is 1. The van der Waals surface area contributed by atoms with Crippen molar-refractivity contribution in [1.82, 2.24) is 10.3 Å². The van der Waals surface area contributed by atoms with Crippen molar-refractivity contribution in [2.45, 2.75) is 23.7 Å². The molecule has 106 valence electrons. The van der Waals surface area contributed by atoms with E-state index >= 15 is 0 Å². The second-order valence-corrected chi connectivity index (χ2v) is 4.92. The largest absolute Gasteiger partial charge is 0.467 e. The van der Waals surface area contributed by atoms with Gasteiger partial charge in [-0.25, -0.2) is 4.98 Å². The zero-order valence-corrected chi connectivity index (χ0v) is 11.4. The molecule has 1 amide bonds. The highest BCUT2D eigenvalue weighted by Gasteiger charge is 2.19. The molecule has 0 spiro atoms. The lowest BCUT2D eigenvalue weighted by Crippen LogP contribution is -2.27. The van der Waals surface area contributed by atoms with E-state index < -0.39 is 11.7 Å². The van der Waals surface area contributed by atoms with Crippen LogP contribution in [0.2, 0.25) is 0 Å². The fourth-order valence-corrected chi connectivity index (χ4v) is 2.20. The third-order valence-electron chi connectivity index (χ3n) is 2.53. The zero-order valence-electron chi connectivity index (χ0n) is 10.5. The average molecular weight is 298 g/mol. The molecule has 0 aliphatic heterocycles. The molecule has 2 aromatic heterocycles. The maximum Gasteiger partial charge on any atom is 0.290 e. The van der Waals surface area contributed by atoms with Crippen LogP contribution in [0.3, 0.4) is 0 Å². The zero-order chi connectivity index (χ0) is 14.5. The molecular weight excluding hydrogens is 286 g/mol. The highest BCUT2D eigenvalue weighted by Crippen LogP contribution is 2.26. The van der Waals surface area contributed by atoms with Gasteiger partial charge in [0, 0.05) is 6.20 Å². The predicted octanol–water partition coefficient (Wildman–Crippen LogP) is 3.48. The number of thioether (sulfide) groups is 1. The van der Waals surface area contributed by atoms with Crippen LogP contribution in [0.1, 0.15) is 29.1 Å². The third-order valence-corrected chi connectivity index (χ3v) is 3.26. The van der Waals surface area contributed by atoms with E-state index in [9.17, 15) is 13.6 Å². The predicted molar refractivity (Wildman–Crippen MR) is 70.7 cm³/mol. The number of hydrogen-bond donors (Lipinski definition) is 1. The molecule has 0 aromatic carbocycles. The number of alkyl halides is 2. The molecule has 2 heterocycles. The van der Waals surface area contributed by atoms with Gasteiger partial charge in [-0.1, -0.05) is 0 Å². The summed E-state index contributed by atoms with van der Waals surface area (Å²) in [4.78, 5) is 15.9. The Kier molecular flexibility index (Phi) is 4.73. The Morgan fingerprint density at radius 2 is 2.20 bits per heavy atom. The van der Waals surface area contributed by atoms with Gasteiger partial charge in [-0.2, -0.15) is 8.78 Å². The SMILES string of the molecule is CC(NC(=O)c1cccnc1SC(F)F)c1ccco1. The Hall–Kier alpha value is -1.89. The molecule has 1 N–H and O–H groups in total. The summed E-state index contributed by atoms with van der Waals surface area (Å²) in [5.74, 6) is -2.51. The topological polar surface area (TPSA) is 55.1 Å². The van der Waals surface area contributed by atoms with Crippen LogP contribution >= 0.6 is 11.8 Å². The van der Waals surface area contributed by atoms with Gasteiger partial charge in [0.15, 0.2) is 0 Å². The van der Waals surface area contributed by atoms with E-state index in [1.165, 1.54) is 24.6 Å². The molecule has 0 aliphatic carbocycles. The summed E-state index contributed by atoms with van der Waals surface area (Å²) in [6, 6.07) is 6.06. The van der Waals surface area contributed by atoms with Gasteiger partial charge in [0.2, 0.25) is 0 Å². The molecule has 2 rings (SSSR count). The minimum Gasteiger partial charge on any atom is -0.467 e. The average Bonchev–Trinajstić information content (AvgIpc) is 2.92. The summed E-state index contributed by atoms with van der Waals surface area (Å²) >= 11 is 0.249. The molecule has 1 atom stereocenters. The first kappa shape index (κ1) is 14.5. The van der Waals surface area contributed by atoms with E-state index in [4.69, 9.17) is 4.42 Å². The molecule has 4 nitrogen and oxygen atoms in total. The van der Waals surface area contributed by atoms with Crippen LogP contribution in [0.15, 0.2) is 46.2 Å². The van der Waals surface area contributed by atoms with Gasteiger partial charge < -0.3 is 9.73 Å². The first-order valence-corrected chi connectivity index (χ1v) is 6.70. The van der Waals surface area contributed by atoms with Crippen LogP contribution in [0.4, 0.5) is 8.78 Å². The van der Waals surface area contributed by atoms with Crippen molar-refractivity contribution < 1.29 is 18.0 Å². The van der Waals surface area contributed by atoms with Crippen LogP contribution in [-0.4, -0.2) is 16.6 Å². The first-order chi connectivity index (χ1) is 9.58. The normalized spacial score (nSPS) is 12.4. The van der Waals surface area contributed by atoms with E-state index in [0.717, 1.165) is 0 Å². The van der Waals surface area contributed by atoms with Crippen LogP contribution in [0.25, 0.3) is 0 Å². The van der Waals surface area contributed by atoms with Gasteiger partial charge in [-0.3, -0.25) is 4.79 Å². The summed E-state index contributed by atoms with van der Waals surface area (Å²) in [7, 11) is 0. The molecule has 20 heavy (non-hydrogen) atoms. The molecule has 0 bridgehead atoms. The van der Waals surface area contributed by atoms with E-state index in [2.05, 4.69) is 10.3 Å². The fourth-order valence-electron chi connectivity index (χ4n) is 1.63. The van der Waals surface area contributed by atoms with Crippen molar-refractivity contribution in [2.24, 2.45) is 0 Å². The molecule has 0 fully saturated rings.